The van der Waals surface area contributed by atoms with Crippen molar-refractivity contribution in [3.8, 4) is 23.2 Å². The number of nitriles is 1. The molecule has 266 valence electrons. The first-order valence-electron chi connectivity index (χ1n) is 16.5. The number of nitrogens with zero attached hydrogens (tertiary/aromatic N) is 6. The van der Waals surface area contributed by atoms with Gasteiger partial charge in [0.15, 0.2) is 5.82 Å². The van der Waals surface area contributed by atoms with Crippen molar-refractivity contribution >= 4 is 49.1 Å². The van der Waals surface area contributed by atoms with Gasteiger partial charge in [0.05, 0.1) is 26.9 Å². The van der Waals surface area contributed by atoms with Crippen LogP contribution in [-0.4, -0.2) is 82.3 Å². The lowest BCUT2D eigenvalue weighted by Gasteiger charge is -2.42. The molecule has 1 aliphatic carbocycles. The summed E-state index contributed by atoms with van der Waals surface area (Å²) in [5.74, 6) is -2.48. The van der Waals surface area contributed by atoms with E-state index in [4.69, 9.17) is 10.5 Å². The monoisotopic (exact) mass is 727 g/mol. The van der Waals surface area contributed by atoms with E-state index in [0.29, 0.717) is 37.1 Å². The lowest BCUT2D eigenvalue weighted by atomic mass is 9.92. The van der Waals surface area contributed by atoms with Gasteiger partial charge in [0.25, 0.3) is 0 Å². The molecule has 2 aromatic heterocycles. The molecule has 2 aromatic carbocycles. The molecule has 1 amide bonds. The Morgan fingerprint density at radius 2 is 1.98 bits per heavy atom. The van der Waals surface area contributed by atoms with E-state index in [1.54, 1.807) is 9.80 Å². The van der Waals surface area contributed by atoms with E-state index in [1.807, 2.05) is 11.0 Å². The third-order valence-electron chi connectivity index (χ3n) is 10.8. The van der Waals surface area contributed by atoms with Crippen molar-refractivity contribution in [2.45, 2.75) is 55.5 Å². The summed E-state index contributed by atoms with van der Waals surface area (Å²) in [6.45, 7) is 5.11. The van der Waals surface area contributed by atoms with Crippen LogP contribution in [-0.2, 0) is 11.0 Å². The van der Waals surface area contributed by atoms with Crippen molar-refractivity contribution in [1.82, 2.24) is 19.8 Å². The SMILES string of the molecule is C=CC(=O)N1CCN(c2nc(OCC34CCCN3CC(F)C4)nc3c(F)c(-c4ccc(F)c5sc(N)c(C#N)c45)c(C(F)(F)F)cc23)CC12CC2. The summed E-state index contributed by atoms with van der Waals surface area (Å²) in [5, 5.41) is 9.23. The molecule has 2 unspecified atom stereocenters. The predicted octanol–water partition coefficient (Wildman–Crippen LogP) is 6.58. The van der Waals surface area contributed by atoms with Gasteiger partial charge in [0, 0.05) is 48.9 Å². The molecule has 0 bridgehead atoms. The van der Waals surface area contributed by atoms with Gasteiger partial charge in [-0.15, -0.1) is 11.3 Å². The summed E-state index contributed by atoms with van der Waals surface area (Å²) in [4.78, 5) is 27.0. The third kappa shape index (κ3) is 5.26. The minimum Gasteiger partial charge on any atom is -0.461 e. The highest BCUT2D eigenvalue weighted by Gasteiger charge is 2.53. The number of amides is 1. The molecular formula is C35H31F6N7O2S. The zero-order valence-electron chi connectivity index (χ0n) is 27.1. The molecular weight excluding hydrogens is 696 g/mol. The second-order valence-electron chi connectivity index (χ2n) is 13.8. The molecule has 2 N–H and O–H groups in total. The number of alkyl halides is 4. The van der Waals surface area contributed by atoms with Crippen LogP contribution in [0.15, 0.2) is 30.9 Å². The van der Waals surface area contributed by atoms with Crippen molar-refractivity contribution < 1.29 is 35.9 Å². The van der Waals surface area contributed by atoms with Crippen molar-refractivity contribution in [1.29, 1.82) is 5.26 Å². The van der Waals surface area contributed by atoms with Crippen molar-refractivity contribution in [2.75, 3.05) is 50.0 Å². The molecule has 3 aliphatic heterocycles. The molecule has 51 heavy (non-hydrogen) atoms. The van der Waals surface area contributed by atoms with Gasteiger partial charge in [0.2, 0.25) is 5.91 Å². The molecule has 1 saturated carbocycles. The first kappa shape index (κ1) is 33.5. The topological polar surface area (TPSA) is 112 Å². The van der Waals surface area contributed by atoms with Gasteiger partial charge in [-0.1, -0.05) is 12.6 Å². The van der Waals surface area contributed by atoms with Crippen LogP contribution in [0, 0.1) is 23.0 Å². The molecule has 0 radical (unpaired) electrons. The van der Waals surface area contributed by atoms with Crippen LogP contribution in [0.25, 0.3) is 32.1 Å². The van der Waals surface area contributed by atoms with E-state index in [-0.39, 0.29) is 88.5 Å². The Bertz CT molecular complexity index is 2180. The molecule has 9 nitrogen and oxygen atoms in total. The molecule has 2 atom stereocenters. The third-order valence-corrected chi connectivity index (χ3v) is 11.9. The fraction of sp³-hybridized carbons (Fsp3) is 0.429. The maximum atomic E-state index is 17.1. The van der Waals surface area contributed by atoms with Gasteiger partial charge in [-0.3, -0.25) is 9.69 Å². The fourth-order valence-electron chi connectivity index (χ4n) is 8.32. The Labute approximate surface area is 291 Å². The molecule has 5 heterocycles. The highest BCUT2D eigenvalue weighted by Crippen LogP contribution is 2.50. The minimum absolute atomic E-state index is 0.0137. The first-order chi connectivity index (χ1) is 24.3. The molecule has 4 aliphatic rings. The van der Waals surface area contributed by atoms with Gasteiger partial charge in [-0.05, 0) is 56.0 Å². The number of rotatable bonds is 6. The summed E-state index contributed by atoms with van der Waals surface area (Å²) in [6, 6.07) is 4.19. The predicted molar refractivity (Wildman–Crippen MR) is 179 cm³/mol. The van der Waals surface area contributed by atoms with Crippen LogP contribution in [0.4, 0.5) is 37.2 Å². The Balaban J connectivity index is 1.33. The lowest BCUT2D eigenvalue weighted by molar-refractivity contribution is -0.137. The number of aromatic nitrogens is 2. The van der Waals surface area contributed by atoms with Crippen LogP contribution >= 0.6 is 11.3 Å². The maximum Gasteiger partial charge on any atom is 0.417 e. The highest BCUT2D eigenvalue weighted by atomic mass is 32.1. The Morgan fingerprint density at radius 1 is 1.20 bits per heavy atom. The number of carbonyl (C=O) groups is 1. The molecule has 4 aromatic rings. The number of hydrogen-bond donors (Lipinski definition) is 1. The Morgan fingerprint density at radius 3 is 2.69 bits per heavy atom. The smallest absolute Gasteiger partial charge is 0.417 e. The number of piperazine rings is 1. The van der Waals surface area contributed by atoms with E-state index in [0.717, 1.165) is 24.6 Å². The van der Waals surface area contributed by atoms with E-state index >= 15 is 17.6 Å². The second-order valence-corrected chi connectivity index (χ2v) is 14.8. The molecule has 8 rings (SSSR count). The van der Waals surface area contributed by atoms with Gasteiger partial charge in [-0.2, -0.15) is 28.4 Å². The van der Waals surface area contributed by atoms with E-state index in [9.17, 15) is 18.8 Å². The maximum absolute atomic E-state index is 17.1. The number of ether oxygens (including phenoxy) is 1. The van der Waals surface area contributed by atoms with Crippen molar-refractivity contribution in [3.63, 3.8) is 0 Å². The first-order valence-corrected chi connectivity index (χ1v) is 17.3. The van der Waals surface area contributed by atoms with Crippen LogP contribution in [0.3, 0.4) is 0 Å². The Kier molecular flexibility index (Phi) is 7.69. The number of fused-ring (bicyclic) bond motifs is 3. The van der Waals surface area contributed by atoms with Crippen LogP contribution < -0.4 is 15.4 Å². The number of thiophene rings is 1. The lowest BCUT2D eigenvalue weighted by Crippen LogP contribution is -2.57. The van der Waals surface area contributed by atoms with Gasteiger partial charge in [0.1, 0.15) is 41.0 Å². The fourth-order valence-corrected chi connectivity index (χ4v) is 9.27. The average Bonchev–Trinajstić information content (AvgIpc) is 3.43. The minimum atomic E-state index is -5.12. The van der Waals surface area contributed by atoms with E-state index in [2.05, 4.69) is 16.5 Å². The largest absolute Gasteiger partial charge is 0.461 e. The zero-order chi connectivity index (χ0) is 36.0. The van der Waals surface area contributed by atoms with Crippen LogP contribution in [0.1, 0.15) is 43.2 Å². The van der Waals surface area contributed by atoms with Crippen LogP contribution in [0.5, 0.6) is 6.01 Å². The highest BCUT2D eigenvalue weighted by molar-refractivity contribution is 7.23. The second kappa shape index (κ2) is 11.7. The molecule has 3 saturated heterocycles. The number of halogens is 6. The number of nitrogens with two attached hydrogens (primary N) is 1. The van der Waals surface area contributed by atoms with Gasteiger partial charge in [-0.25, -0.2) is 13.2 Å². The van der Waals surface area contributed by atoms with Gasteiger partial charge < -0.3 is 20.3 Å². The Hall–Kier alpha value is -4.62. The summed E-state index contributed by atoms with van der Waals surface area (Å²) >= 11 is 0.680. The number of carbonyl (C=O) groups excluding carboxylic acids is 1. The molecule has 4 fully saturated rings. The van der Waals surface area contributed by atoms with E-state index < -0.39 is 51.7 Å². The number of nitrogen functional groups attached to an aromatic ring is 1. The van der Waals surface area contributed by atoms with Gasteiger partial charge >= 0.3 is 12.2 Å². The summed E-state index contributed by atoms with van der Waals surface area (Å²) in [6.07, 6.45) is -1.93. The molecule has 16 heteroatoms. The average molecular weight is 728 g/mol. The van der Waals surface area contributed by atoms with E-state index in [1.165, 1.54) is 6.08 Å². The van der Waals surface area contributed by atoms with Crippen molar-refractivity contribution in [2.24, 2.45) is 0 Å². The number of hydrogen-bond acceptors (Lipinski definition) is 9. The zero-order valence-corrected chi connectivity index (χ0v) is 27.9. The quantitative estimate of drug-likeness (QED) is 0.175. The standard InChI is InChI=1S/C35H31F6N7O2S/c1-2-24(49)48-11-10-46(16-33(48)7-8-33)31-20-12-22(35(39,40)41)26(19-4-5-23(37)29-25(19)21(14-42)30(43)51-29)27(38)28(20)44-32(45-31)50-17-34-6-3-9-47(34)15-18(36)13-34/h2,4-5,12,18H,1,3,6-11,13,15-17,43H2. The van der Waals surface area contributed by atoms with Crippen molar-refractivity contribution in [3.05, 3.63) is 53.6 Å². The molecule has 1 spiro atoms. The summed E-state index contributed by atoms with van der Waals surface area (Å²) in [5.41, 5.74) is 1.31. The summed E-state index contributed by atoms with van der Waals surface area (Å²) in [7, 11) is 0. The number of anilines is 2. The normalized spacial score (nSPS) is 22.9. The number of benzene rings is 2. The van der Waals surface area contributed by atoms with Crippen LogP contribution in [0.2, 0.25) is 0 Å². The summed E-state index contributed by atoms with van der Waals surface area (Å²) < 4.78 is 97.6.